The summed E-state index contributed by atoms with van der Waals surface area (Å²) in [6.45, 7) is 4.84. The van der Waals surface area contributed by atoms with Crippen molar-refractivity contribution < 1.29 is 27.5 Å². The molecule has 3 heterocycles. The molecule has 1 aromatic rings. The summed E-state index contributed by atoms with van der Waals surface area (Å²) < 4.78 is 37.6. The summed E-state index contributed by atoms with van der Waals surface area (Å²) in [7, 11) is -3.88. The van der Waals surface area contributed by atoms with Gasteiger partial charge in [-0.2, -0.15) is 4.31 Å². The second kappa shape index (κ2) is 10.7. The van der Waals surface area contributed by atoms with Crippen molar-refractivity contribution in [3.8, 4) is 5.88 Å². The third-order valence-electron chi connectivity index (χ3n) is 6.83. The number of rotatable bonds is 8. The van der Waals surface area contributed by atoms with E-state index >= 15 is 0 Å². The number of aromatic nitrogens is 2. The summed E-state index contributed by atoms with van der Waals surface area (Å²) >= 11 is 0. The van der Waals surface area contributed by atoms with Crippen molar-refractivity contribution in [2.24, 2.45) is 22.4 Å². The van der Waals surface area contributed by atoms with Crippen LogP contribution in [0.15, 0.2) is 17.4 Å². The van der Waals surface area contributed by atoms with Crippen LogP contribution < -0.4 is 21.1 Å². The zero-order chi connectivity index (χ0) is 26.8. The van der Waals surface area contributed by atoms with Crippen LogP contribution in [0.4, 0.5) is 10.6 Å². The lowest BCUT2D eigenvalue weighted by Gasteiger charge is -2.33. The molecule has 0 spiro atoms. The second-order valence-electron chi connectivity index (χ2n) is 9.85. The molecule has 3 fully saturated rings. The molecule has 0 aromatic carbocycles. The van der Waals surface area contributed by atoms with E-state index in [1.54, 1.807) is 4.90 Å². The molecule has 4 N–H and O–H groups in total. The van der Waals surface area contributed by atoms with Crippen LogP contribution in [0.5, 0.6) is 5.88 Å². The number of sulfonamides is 1. The van der Waals surface area contributed by atoms with Gasteiger partial charge in [-0.05, 0) is 45.4 Å². The molecule has 4 rings (SSSR count). The summed E-state index contributed by atoms with van der Waals surface area (Å²) in [5, 5.41) is -1.19. The van der Waals surface area contributed by atoms with Crippen LogP contribution >= 0.6 is 0 Å². The average molecular weight is 539 g/mol. The fourth-order valence-electron chi connectivity index (χ4n) is 4.17. The standard InChI is InChI=1S/C22H34N8O6S/c1-15(27-20(23)24)37(33,34)29-9-10-30(19(31)13-29)17-11-26-18(12-25-17)35-14-16-3-7-28(8-4-16)21(32)36-22(2)5-6-22/h11-12,15-16H,3-10,13-14H2,1-2H3,(H4,23,24,27). The van der Waals surface area contributed by atoms with Crippen molar-refractivity contribution in [2.45, 2.75) is 50.5 Å². The number of guanidine groups is 1. The Hall–Kier alpha value is -3.20. The number of anilines is 1. The minimum atomic E-state index is -3.88. The van der Waals surface area contributed by atoms with Crippen LogP contribution in [-0.2, 0) is 19.6 Å². The Labute approximate surface area is 216 Å². The Balaban J connectivity index is 1.23. The quantitative estimate of drug-likeness (QED) is 0.333. The number of ether oxygens (including phenoxy) is 2. The van der Waals surface area contributed by atoms with Crippen LogP contribution in [0.25, 0.3) is 0 Å². The minimum absolute atomic E-state index is 0.0732. The first kappa shape index (κ1) is 26.9. The van der Waals surface area contributed by atoms with Gasteiger partial charge in [-0.3, -0.25) is 9.69 Å². The maximum Gasteiger partial charge on any atom is 0.410 e. The van der Waals surface area contributed by atoms with Gasteiger partial charge in [-0.15, -0.1) is 0 Å². The van der Waals surface area contributed by atoms with Crippen molar-refractivity contribution in [3.05, 3.63) is 12.4 Å². The third-order valence-corrected chi connectivity index (χ3v) is 8.83. The van der Waals surface area contributed by atoms with Gasteiger partial charge >= 0.3 is 6.09 Å². The van der Waals surface area contributed by atoms with E-state index in [2.05, 4.69) is 15.0 Å². The fourth-order valence-corrected chi connectivity index (χ4v) is 5.48. The van der Waals surface area contributed by atoms with E-state index in [0.717, 1.165) is 30.0 Å². The molecular weight excluding hydrogens is 504 g/mol. The lowest BCUT2D eigenvalue weighted by molar-refractivity contribution is -0.120. The molecule has 37 heavy (non-hydrogen) atoms. The van der Waals surface area contributed by atoms with E-state index < -0.39 is 21.3 Å². The summed E-state index contributed by atoms with van der Waals surface area (Å²) in [4.78, 5) is 40.2. The Morgan fingerprint density at radius 1 is 1.19 bits per heavy atom. The summed E-state index contributed by atoms with van der Waals surface area (Å²) in [5.41, 5.74) is 10.3. The summed E-state index contributed by atoms with van der Waals surface area (Å²) in [6.07, 6.45) is 6.09. The number of hydrogen-bond acceptors (Lipinski definition) is 9. The molecule has 1 unspecified atom stereocenters. The van der Waals surface area contributed by atoms with Gasteiger partial charge in [0.2, 0.25) is 21.8 Å². The summed E-state index contributed by atoms with van der Waals surface area (Å²) in [6, 6.07) is 0. The number of amides is 2. The van der Waals surface area contributed by atoms with Crippen LogP contribution in [0.3, 0.4) is 0 Å². The van der Waals surface area contributed by atoms with E-state index in [-0.39, 0.29) is 43.2 Å². The van der Waals surface area contributed by atoms with E-state index in [1.165, 1.54) is 24.2 Å². The molecule has 2 saturated heterocycles. The number of hydrogen-bond donors (Lipinski definition) is 2. The van der Waals surface area contributed by atoms with E-state index in [9.17, 15) is 18.0 Å². The lowest BCUT2D eigenvalue weighted by Crippen LogP contribution is -2.54. The molecule has 3 aliphatic rings. The number of aliphatic imine (C=N–C) groups is 1. The van der Waals surface area contributed by atoms with Gasteiger partial charge in [-0.1, -0.05) is 0 Å². The van der Waals surface area contributed by atoms with Crippen LogP contribution in [0.2, 0.25) is 0 Å². The number of nitrogens with zero attached hydrogens (tertiary/aromatic N) is 6. The Morgan fingerprint density at radius 3 is 2.46 bits per heavy atom. The number of nitrogens with two attached hydrogens (primary N) is 2. The zero-order valence-corrected chi connectivity index (χ0v) is 21.9. The molecule has 15 heteroatoms. The third kappa shape index (κ3) is 6.57. The molecule has 0 radical (unpaired) electrons. The van der Waals surface area contributed by atoms with Crippen molar-refractivity contribution in [3.63, 3.8) is 0 Å². The predicted octanol–water partition coefficient (Wildman–Crippen LogP) is -0.146. The van der Waals surface area contributed by atoms with E-state index in [1.807, 2.05) is 6.92 Å². The first-order valence-electron chi connectivity index (χ1n) is 12.3. The lowest BCUT2D eigenvalue weighted by atomic mass is 9.98. The van der Waals surface area contributed by atoms with Gasteiger partial charge in [0, 0.05) is 26.2 Å². The highest BCUT2D eigenvalue weighted by Crippen LogP contribution is 2.39. The van der Waals surface area contributed by atoms with Crippen LogP contribution in [0, 0.1) is 5.92 Å². The highest BCUT2D eigenvalue weighted by atomic mass is 32.2. The van der Waals surface area contributed by atoms with Gasteiger partial charge in [-0.25, -0.2) is 28.2 Å². The number of carbonyl (C=O) groups is 2. The Morgan fingerprint density at radius 2 is 1.89 bits per heavy atom. The molecule has 2 amide bonds. The maximum absolute atomic E-state index is 12.7. The topological polar surface area (TPSA) is 187 Å². The van der Waals surface area contributed by atoms with Gasteiger partial charge < -0.3 is 25.8 Å². The molecule has 2 aliphatic heterocycles. The van der Waals surface area contributed by atoms with Crippen LogP contribution in [0.1, 0.15) is 39.5 Å². The number of carbonyl (C=O) groups excluding carboxylic acids is 2. The minimum Gasteiger partial charge on any atom is -0.476 e. The average Bonchev–Trinajstić information content (AvgIpc) is 3.59. The smallest absolute Gasteiger partial charge is 0.410 e. The van der Waals surface area contributed by atoms with Crippen molar-refractivity contribution in [2.75, 3.05) is 44.2 Å². The second-order valence-corrected chi connectivity index (χ2v) is 12.1. The molecule has 1 atom stereocenters. The van der Waals surface area contributed by atoms with E-state index in [0.29, 0.717) is 31.4 Å². The number of likely N-dealkylation sites (tertiary alicyclic amines) is 1. The largest absolute Gasteiger partial charge is 0.476 e. The SMILES string of the molecule is CC(N=C(N)N)S(=O)(=O)N1CCN(c2cnc(OCC3CCN(C(=O)OC4(C)CC4)CC3)cn2)C(=O)C1. The van der Waals surface area contributed by atoms with Crippen molar-refractivity contribution in [1.82, 2.24) is 19.2 Å². The molecule has 1 aromatic heterocycles. The highest BCUT2D eigenvalue weighted by molar-refractivity contribution is 7.89. The van der Waals surface area contributed by atoms with Gasteiger partial charge in [0.15, 0.2) is 17.2 Å². The van der Waals surface area contributed by atoms with Crippen molar-refractivity contribution in [1.29, 1.82) is 0 Å². The normalized spacial score (nSPS) is 21.3. The Bertz CT molecular complexity index is 1130. The van der Waals surface area contributed by atoms with Crippen molar-refractivity contribution >= 4 is 33.8 Å². The molecule has 1 saturated carbocycles. The molecule has 0 bridgehead atoms. The van der Waals surface area contributed by atoms with Gasteiger partial charge in [0.05, 0.1) is 25.5 Å². The molecule has 1 aliphatic carbocycles. The first-order chi connectivity index (χ1) is 17.5. The molecular formula is C22H34N8O6S. The van der Waals surface area contributed by atoms with Gasteiger partial charge in [0.25, 0.3) is 0 Å². The molecule has 14 nitrogen and oxygen atoms in total. The highest BCUT2D eigenvalue weighted by Gasteiger charge is 2.43. The van der Waals surface area contributed by atoms with Crippen LogP contribution in [-0.4, -0.2) is 95.9 Å². The zero-order valence-electron chi connectivity index (χ0n) is 21.1. The summed E-state index contributed by atoms with van der Waals surface area (Å²) in [5.74, 6) is 0.137. The number of piperidine rings is 1. The van der Waals surface area contributed by atoms with Gasteiger partial charge in [0.1, 0.15) is 5.60 Å². The monoisotopic (exact) mass is 538 g/mol. The molecule has 204 valence electrons. The fraction of sp³-hybridized carbons (Fsp3) is 0.682. The van der Waals surface area contributed by atoms with E-state index in [4.69, 9.17) is 20.9 Å². The maximum atomic E-state index is 12.7. The predicted molar refractivity (Wildman–Crippen MR) is 134 cm³/mol. The Kier molecular flexibility index (Phi) is 7.73. The number of piperazine rings is 1. The first-order valence-corrected chi connectivity index (χ1v) is 13.8.